The van der Waals surface area contributed by atoms with Gasteiger partial charge in [-0.2, -0.15) is 0 Å². The van der Waals surface area contributed by atoms with Gasteiger partial charge in [0, 0.05) is 19.4 Å². The number of carboxylic acids is 1. The molecule has 4 nitrogen and oxygen atoms in total. The van der Waals surface area contributed by atoms with E-state index in [1.165, 1.54) is 16.7 Å². The van der Waals surface area contributed by atoms with Crippen LogP contribution < -0.4 is 5.32 Å². The summed E-state index contributed by atoms with van der Waals surface area (Å²) in [7, 11) is 0. The van der Waals surface area contributed by atoms with E-state index in [1.807, 2.05) is 0 Å². The van der Waals surface area contributed by atoms with Gasteiger partial charge in [0.1, 0.15) is 0 Å². The zero-order valence-electron chi connectivity index (χ0n) is 11.5. The van der Waals surface area contributed by atoms with E-state index in [1.54, 1.807) is 0 Å². The van der Waals surface area contributed by atoms with Crippen molar-refractivity contribution in [3.63, 3.8) is 0 Å². The highest BCUT2D eigenvalue weighted by atomic mass is 16.4. The first-order valence-electron chi connectivity index (χ1n) is 6.53. The number of carboxylic acid groups (broad SMARTS) is 1. The number of nitrogens with one attached hydrogen (secondary N) is 1. The summed E-state index contributed by atoms with van der Waals surface area (Å²) < 4.78 is 0. The third-order valence-electron chi connectivity index (χ3n) is 3.01. The molecule has 0 spiro atoms. The maximum atomic E-state index is 11.4. The number of hydrogen-bond acceptors (Lipinski definition) is 2. The number of aliphatic carboxylic acids is 1. The minimum atomic E-state index is -0.858. The normalized spacial score (nSPS) is 10.2. The van der Waals surface area contributed by atoms with Crippen molar-refractivity contribution >= 4 is 11.9 Å². The Balaban J connectivity index is 2.26. The van der Waals surface area contributed by atoms with Gasteiger partial charge in [-0.1, -0.05) is 23.8 Å². The second kappa shape index (κ2) is 7.56. The number of carbonyl (C=O) groups is 2. The minimum absolute atomic E-state index is 0.0461. The fourth-order valence-corrected chi connectivity index (χ4v) is 1.95. The predicted molar refractivity (Wildman–Crippen MR) is 74.1 cm³/mol. The van der Waals surface area contributed by atoms with Gasteiger partial charge in [0.25, 0.3) is 0 Å². The summed E-state index contributed by atoms with van der Waals surface area (Å²) in [5, 5.41) is 11.3. The average molecular weight is 263 g/mol. The number of carbonyl (C=O) groups excluding carboxylic acids is 1. The summed E-state index contributed by atoms with van der Waals surface area (Å²) in [4.78, 5) is 21.8. The van der Waals surface area contributed by atoms with Crippen molar-refractivity contribution in [3.8, 4) is 0 Å². The van der Waals surface area contributed by atoms with Gasteiger partial charge in [0.05, 0.1) is 0 Å². The van der Waals surface area contributed by atoms with Gasteiger partial charge in [-0.3, -0.25) is 9.59 Å². The molecule has 1 amide bonds. The van der Waals surface area contributed by atoms with Crippen molar-refractivity contribution in [3.05, 3.63) is 34.9 Å². The van der Waals surface area contributed by atoms with E-state index in [4.69, 9.17) is 5.11 Å². The standard InChI is InChI=1S/C15H21NO3/c1-11-6-7-13(12(2)10-11)8-9-16-14(17)4-3-5-15(18)19/h6-7,10H,3-5,8-9H2,1-2H3,(H,16,17)(H,18,19). The van der Waals surface area contributed by atoms with Crippen LogP contribution in [0, 0.1) is 13.8 Å². The zero-order valence-corrected chi connectivity index (χ0v) is 11.5. The van der Waals surface area contributed by atoms with Crippen LogP contribution in [0.2, 0.25) is 0 Å². The van der Waals surface area contributed by atoms with Crippen LogP contribution in [0.4, 0.5) is 0 Å². The van der Waals surface area contributed by atoms with Gasteiger partial charge in [-0.25, -0.2) is 0 Å². The lowest BCUT2D eigenvalue weighted by Crippen LogP contribution is -2.25. The second-order valence-electron chi connectivity index (χ2n) is 4.78. The highest BCUT2D eigenvalue weighted by Crippen LogP contribution is 2.10. The fraction of sp³-hybridized carbons (Fsp3) is 0.467. The molecule has 1 aromatic carbocycles. The predicted octanol–water partition coefficient (Wildman–Crippen LogP) is 2.22. The molecule has 0 radical (unpaired) electrons. The number of aryl methyl sites for hydroxylation is 2. The molecule has 0 aliphatic carbocycles. The van der Waals surface area contributed by atoms with Gasteiger partial charge in [0.15, 0.2) is 0 Å². The zero-order chi connectivity index (χ0) is 14.3. The molecular weight excluding hydrogens is 242 g/mol. The van der Waals surface area contributed by atoms with E-state index in [9.17, 15) is 9.59 Å². The summed E-state index contributed by atoms with van der Waals surface area (Å²) in [5.41, 5.74) is 3.70. The van der Waals surface area contributed by atoms with Crippen molar-refractivity contribution in [2.75, 3.05) is 6.54 Å². The molecule has 2 N–H and O–H groups in total. The van der Waals surface area contributed by atoms with Crippen LogP contribution in [-0.4, -0.2) is 23.5 Å². The van der Waals surface area contributed by atoms with Crippen molar-refractivity contribution in [1.29, 1.82) is 0 Å². The van der Waals surface area contributed by atoms with E-state index in [0.717, 1.165) is 6.42 Å². The topological polar surface area (TPSA) is 66.4 Å². The summed E-state index contributed by atoms with van der Waals surface area (Å²) in [6, 6.07) is 6.28. The summed E-state index contributed by atoms with van der Waals surface area (Å²) >= 11 is 0. The molecule has 0 bridgehead atoms. The minimum Gasteiger partial charge on any atom is -0.481 e. The van der Waals surface area contributed by atoms with Gasteiger partial charge in [-0.05, 0) is 37.8 Å². The Morgan fingerprint density at radius 1 is 1.21 bits per heavy atom. The Morgan fingerprint density at radius 3 is 2.58 bits per heavy atom. The van der Waals surface area contributed by atoms with E-state index < -0.39 is 5.97 Å². The number of hydrogen-bond donors (Lipinski definition) is 2. The molecule has 0 saturated heterocycles. The molecule has 104 valence electrons. The Bertz CT molecular complexity index is 455. The molecule has 0 aliphatic rings. The largest absolute Gasteiger partial charge is 0.481 e. The van der Waals surface area contributed by atoms with Gasteiger partial charge < -0.3 is 10.4 Å². The van der Waals surface area contributed by atoms with Gasteiger partial charge in [-0.15, -0.1) is 0 Å². The third-order valence-corrected chi connectivity index (χ3v) is 3.01. The maximum Gasteiger partial charge on any atom is 0.303 e. The highest BCUT2D eigenvalue weighted by molar-refractivity contribution is 5.76. The first-order chi connectivity index (χ1) is 8.99. The van der Waals surface area contributed by atoms with E-state index in [-0.39, 0.29) is 18.7 Å². The van der Waals surface area contributed by atoms with Gasteiger partial charge >= 0.3 is 5.97 Å². The second-order valence-corrected chi connectivity index (χ2v) is 4.78. The van der Waals surface area contributed by atoms with Crippen LogP contribution in [0.3, 0.4) is 0 Å². The summed E-state index contributed by atoms with van der Waals surface area (Å²) in [6.45, 7) is 4.72. The van der Waals surface area contributed by atoms with E-state index >= 15 is 0 Å². The molecule has 1 rings (SSSR count). The van der Waals surface area contributed by atoms with Crippen molar-refractivity contribution in [1.82, 2.24) is 5.32 Å². The van der Waals surface area contributed by atoms with Crippen LogP contribution in [0.1, 0.15) is 36.0 Å². The van der Waals surface area contributed by atoms with Crippen LogP contribution in [0.5, 0.6) is 0 Å². The third kappa shape index (κ3) is 6.04. The quantitative estimate of drug-likeness (QED) is 0.792. The Kier molecular flexibility index (Phi) is 6.06. The average Bonchev–Trinajstić information content (AvgIpc) is 2.31. The Morgan fingerprint density at radius 2 is 1.95 bits per heavy atom. The summed E-state index contributed by atoms with van der Waals surface area (Å²) in [6.07, 6.45) is 1.52. The van der Waals surface area contributed by atoms with E-state index in [0.29, 0.717) is 13.0 Å². The van der Waals surface area contributed by atoms with Gasteiger partial charge in [0.2, 0.25) is 5.91 Å². The molecule has 4 heteroatoms. The SMILES string of the molecule is Cc1ccc(CCNC(=O)CCCC(=O)O)c(C)c1. The molecule has 0 fully saturated rings. The fourth-order valence-electron chi connectivity index (χ4n) is 1.95. The first kappa shape index (κ1) is 15.2. The Hall–Kier alpha value is -1.84. The lowest BCUT2D eigenvalue weighted by molar-refractivity contribution is -0.137. The smallest absolute Gasteiger partial charge is 0.303 e. The number of amides is 1. The Labute approximate surface area is 113 Å². The molecule has 19 heavy (non-hydrogen) atoms. The molecule has 0 unspecified atom stereocenters. The highest BCUT2D eigenvalue weighted by Gasteiger charge is 2.04. The lowest BCUT2D eigenvalue weighted by atomic mass is 10.0. The lowest BCUT2D eigenvalue weighted by Gasteiger charge is -2.08. The molecule has 0 aromatic heterocycles. The van der Waals surface area contributed by atoms with Crippen LogP contribution in [0.25, 0.3) is 0 Å². The van der Waals surface area contributed by atoms with Crippen LogP contribution in [-0.2, 0) is 16.0 Å². The van der Waals surface area contributed by atoms with Crippen LogP contribution in [0.15, 0.2) is 18.2 Å². The molecule has 0 saturated carbocycles. The first-order valence-corrected chi connectivity index (χ1v) is 6.53. The summed E-state index contributed by atoms with van der Waals surface area (Å²) in [5.74, 6) is -0.936. The van der Waals surface area contributed by atoms with E-state index in [2.05, 4.69) is 37.4 Å². The van der Waals surface area contributed by atoms with Crippen LogP contribution >= 0.6 is 0 Å². The van der Waals surface area contributed by atoms with Crippen molar-refractivity contribution < 1.29 is 14.7 Å². The van der Waals surface area contributed by atoms with Crippen molar-refractivity contribution in [2.45, 2.75) is 39.5 Å². The molecular formula is C15H21NO3. The van der Waals surface area contributed by atoms with Crippen molar-refractivity contribution in [2.24, 2.45) is 0 Å². The molecule has 0 atom stereocenters. The molecule has 0 aliphatic heterocycles. The maximum absolute atomic E-state index is 11.4. The number of benzene rings is 1. The molecule has 1 aromatic rings. The monoisotopic (exact) mass is 263 g/mol. The molecule has 0 heterocycles. The number of rotatable bonds is 7.